The molecule has 4 heteroatoms. The smallest absolute Gasteiger partial charge is 0.317 e. The lowest BCUT2D eigenvalue weighted by molar-refractivity contribution is -0.154. The van der Waals surface area contributed by atoms with Crippen LogP contribution in [0.2, 0.25) is 0 Å². The summed E-state index contributed by atoms with van der Waals surface area (Å²) in [5.41, 5.74) is 0. The number of rotatable bonds is 9. The van der Waals surface area contributed by atoms with E-state index in [0.717, 1.165) is 12.8 Å². The molecule has 0 rings (SSSR count). The molecule has 0 aliphatic rings. The van der Waals surface area contributed by atoms with Crippen molar-refractivity contribution >= 4 is 11.9 Å². The highest BCUT2D eigenvalue weighted by molar-refractivity contribution is 5.91. The second kappa shape index (κ2) is 10.5. The van der Waals surface area contributed by atoms with Crippen LogP contribution in [0.3, 0.4) is 0 Å². The number of esters is 2. The van der Waals surface area contributed by atoms with Crippen molar-refractivity contribution in [2.24, 2.45) is 0 Å². The molecule has 0 heterocycles. The summed E-state index contributed by atoms with van der Waals surface area (Å²) in [7, 11) is 0. The van der Waals surface area contributed by atoms with Gasteiger partial charge in [0.1, 0.15) is 6.42 Å². The molecule has 0 amide bonds. The molecule has 94 valence electrons. The number of hydrogen-bond donors (Lipinski definition) is 0. The molecule has 0 aliphatic heterocycles. The van der Waals surface area contributed by atoms with Gasteiger partial charge in [-0.15, -0.1) is 0 Å². The number of ether oxygens (including phenoxy) is 2. The Balaban J connectivity index is 3.33. The first-order valence-corrected chi connectivity index (χ1v) is 6.02. The topological polar surface area (TPSA) is 52.6 Å². The zero-order chi connectivity index (χ0) is 12.2. The molecule has 0 aromatic carbocycles. The van der Waals surface area contributed by atoms with E-state index in [0.29, 0.717) is 13.2 Å². The maximum absolute atomic E-state index is 11.1. The third-order valence-corrected chi connectivity index (χ3v) is 2.10. The molecule has 0 aromatic rings. The van der Waals surface area contributed by atoms with E-state index in [2.05, 4.69) is 11.7 Å². The molecule has 0 bridgehead atoms. The lowest BCUT2D eigenvalue weighted by atomic mass is 10.2. The normalized spacial score (nSPS) is 9.88. The van der Waals surface area contributed by atoms with E-state index < -0.39 is 11.9 Å². The number of carbonyl (C=O) groups is 2. The Bertz CT molecular complexity index is 201. The predicted octanol–water partition coefficient (Wildman–Crippen LogP) is 2.45. The van der Waals surface area contributed by atoms with Crippen LogP contribution >= 0.6 is 0 Å². The van der Waals surface area contributed by atoms with Crippen molar-refractivity contribution in [3.8, 4) is 0 Å². The summed E-state index contributed by atoms with van der Waals surface area (Å²) in [6.07, 6.45) is 5.25. The summed E-state index contributed by atoms with van der Waals surface area (Å²) >= 11 is 0. The first-order valence-electron chi connectivity index (χ1n) is 6.02. The second-order valence-electron chi connectivity index (χ2n) is 3.62. The summed E-state index contributed by atoms with van der Waals surface area (Å²) < 4.78 is 9.53. The van der Waals surface area contributed by atoms with Gasteiger partial charge in [-0.1, -0.05) is 32.6 Å². The summed E-state index contributed by atoms with van der Waals surface area (Å²) in [6, 6.07) is 0. The van der Waals surface area contributed by atoms with E-state index in [4.69, 9.17) is 4.74 Å². The number of hydrogen-bond acceptors (Lipinski definition) is 4. The van der Waals surface area contributed by atoms with E-state index in [-0.39, 0.29) is 6.42 Å². The third kappa shape index (κ3) is 9.49. The van der Waals surface area contributed by atoms with Crippen molar-refractivity contribution in [2.45, 2.75) is 52.4 Å². The summed E-state index contributed by atoms with van der Waals surface area (Å²) in [5, 5.41) is 0. The van der Waals surface area contributed by atoms with Gasteiger partial charge in [0.05, 0.1) is 13.2 Å². The molecule has 0 saturated heterocycles. The van der Waals surface area contributed by atoms with Crippen LogP contribution in [0, 0.1) is 0 Å². The Morgan fingerprint density at radius 2 is 1.50 bits per heavy atom. The highest BCUT2D eigenvalue weighted by atomic mass is 16.6. The number of carbonyl (C=O) groups excluding carboxylic acids is 2. The van der Waals surface area contributed by atoms with Crippen LogP contribution in [-0.4, -0.2) is 25.2 Å². The average molecular weight is 230 g/mol. The van der Waals surface area contributed by atoms with Crippen molar-refractivity contribution in [2.75, 3.05) is 13.2 Å². The largest absolute Gasteiger partial charge is 0.466 e. The Morgan fingerprint density at radius 1 is 0.875 bits per heavy atom. The maximum Gasteiger partial charge on any atom is 0.317 e. The number of unbranched alkanes of at least 4 members (excludes halogenated alkanes) is 4. The Labute approximate surface area is 97.3 Å². The van der Waals surface area contributed by atoms with E-state index >= 15 is 0 Å². The van der Waals surface area contributed by atoms with E-state index in [1.807, 2.05) is 0 Å². The van der Waals surface area contributed by atoms with E-state index in [1.165, 1.54) is 19.3 Å². The Hall–Kier alpha value is -1.06. The molecular weight excluding hydrogens is 208 g/mol. The van der Waals surface area contributed by atoms with Gasteiger partial charge < -0.3 is 9.47 Å². The maximum atomic E-state index is 11.1. The van der Waals surface area contributed by atoms with Gasteiger partial charge in [-0.25, -0.2) is 0 Å². The van der Waals surface area contributed by atoms with Crippen LogP contribution in [0.25, 0.3) is 0 Å². The fourth-order valence-electron chi connectivity index (χ4n) is 1.27. The molecule has 0 atom stereocenters. The molecule has 0 aliphatic carbocycles. The second-order valence-corrected chi connectivity index (χ2v) is 3.62. The van der Waals surface area contributed by atoms with Gasteiger partial charge in [0.25, 0.3) is 0 Å². The van der Waals surface area contributed by atoms with Crippen LogP contribution in [-0.2, 0) is 19.1 Å². The summed E-state index contributed by atoms with van der Waals surface area (Å²) in [4.78, 5) is 22.0. The molecular formula is C12H22O4. The van der Waals surface area contributed by atoms with Crippen LogP contribution in [0.5, 0.6) is 0 Å². The van der Waals surface area contributed by atoms with Gasteiger partial charge in [-0.3, -0.25) is 9.59 Å². The molecule has 0 aromatic heterocycles. The molecule has 0 saturated carbocycles. The van der Waals surface area contributed by atoms with Gasteiger partial charge in [-0.05, 0) is 13.3 Å². The SMILES string of the molecule is CCCCCCCOC(=O)CC(=O)OCC. The molecule has 0 N–H and O–H groups in total. The molecule has 4 nitrogen and oxygen atoms in total. The van der Waals surface area contributed by atoms with E-state index in [9.17, 15) is 9.59 Å². The summed E-state index contributed by atoms with van der Waals surface area (Å²) in [5.74, 6) is -1.01. The van der Waals surface area contributed by atoms with Crippen molar-refractivity contribution in [3.63, 3.8) is 0 Å². The van der Waals surface area contributed by atoms with Crippen molar-refractivity contribution < 1.29 is 19.1 Å². The Kier molecular flexibility index (Phi) is 9.76. The third-order valence-electron chi connectivity index (χ3n) is 2.10. The average Bonchev–Trinajstić information content (AvgIpc) is 2.23. The predicted molar refractivity (Wildman–Crippen MR) is 61.0 cm³/mol. The van der Waals surface area contributed by atoms with Gasteiger partial charge in [0.15, 0.2) is 0 Å². The van der Waals surface area contributed by atoms with Crippen LogP contribution in [0.15, 0.2) is 0 Å². The lowest BCUT2D eigenvalue weighted by Gasteiger charge is -2.04. The lowest BCUT2D eigenvalue weighted by Crippen LogP contribution is -2.14. The standard InChI is InChI=1S/C12H22O4/c1-3-5-6-7-8-9-16-12(14)10-11(13)15-4-2/h3-10H2,1-2H3. The Morgan fingerprint density at radius 3 is 2.12 bits per heavy atom. The molecule has 0 unspecified atom stereocenters. The van der Waals surface area contributed by atoms with Crippen molar-refractivity contribution in [1.29, 1.82) is 0 Å². The van der Waals surface area contributed by atoms with Gasteiger partial charge in [0.2, 0.25) is 0 Å². The quantitative estimate of drug-likeness (QED) is 0.347. The minimum atomic E-state index is -0.515. The van der Waals surface area contributed by atoms with Crippen LogP contribution in [0.1, 0.15) is 52.4 Å². The summed E-state index contributed by atoms with van der Waals surface area (Å²) in [6.45, 7) is 4.56. The highest BCUT2D eigenvalue weighted by Crippen LogP contribution is 2.02. The monoisotopic (exact) mass is 230 g/mol. The fourth-order valence-corrected chi connectivity index (χ4v) is 1.27. The van der Waals surface area contributed by atoms with Crippen molar-refractivity contribution in [1.82, 2.24) is 0 Å². The fraction of sp³-hybridized carbons (Fsp3) is 0.833. The molecule has 0 radical (unpaired) electrons. The van der Waals surface area contributed by atoms with Gasteiger partial charge >= 0.3 is 11.9 Å². The zero-order valence-corrected chi connectivity index (χ0v) is 10.3. The molecule has 0 spiro atoms. The van der Waals surface area contributed by atoms with E-state index in [1.54, 1.807) is 6.92 Å². The first kappa shape index (κ1) is 14.9. The van der Waals surface area contributed by atoms with Crippen LogP contribution in [0.4, 0.5) is 0 Å². The first-order chi connectivity index (χ1) is 7.70. The molecule has 16 heavy (non-hydrogen) atoms. The van der Waals surface area contributed by atoms with Crippen LogP contribution < -0.4 is 0 Å². The van der Waals surface area contributed by atoms with Gasteiger partial charge in [-0.2, -0.15) is 0 Å². The minimum absolute atomic E-state index is 0.275. The minimum Gasteiger partial charge on any atom is -0.466 e. The molecule has 0 fully saturated rings. The van der Waals surface area contributed by atoms with Gasteiger partial charge in [0, 0.05) is 0 Å². The zero-order valence-electron chi connectivity index (χ0n) is 10.3. The van der Waals surface area contributed by atoms with Crippen molar-refractivity contribution in [3.05, 3.63) is 0 Å². The highest BCUT2D eigenvalue weighted by Gasteiger charge is 2.10.